The van der Waals surface area contributed by atoms with Crippen molar-refractivity contribution in [3.63, 3.8) is 0 Å². The van der Waals surface area contributed by atoms with Crippen LogP contribution in [0, 0.1) is 0 Å². The number of methoxy groups -OCH3 is 2. The van der Waals surface area contributed by atoms with E-state index < -0.39 is 0 Å². The van der Waals surface area contributed by atoms with Crippen LogP contribution in [0.15, 0.2) is 47.8 Å². The van der Waals surface area contributed by atoms with Gasteiger partial charge >= 0.3 is 0 Å². The van der Waals surface area contributed by atoms with E-state index in [2.05, 4.69) is 15.6 Å². The summed E-state index contributed by atoms with van der Waals surface area (Å²) < 4.78 is 16.0. The summed E-state index contributed by atoms with van der Waals surface area (Å²) in [6.07, 6.45) is 0.966. The van der Waals surface area contributed by atoms with Crippen LogP contribution >= 0.6 is 11.3 Å². The van der Waals surface area contributed by atoms with E-state index >= 15 is 0 Å². The molecule has 2 heterocycles. The third kappa shape index (κ3) is 5.57. The van der Waals surface area contributed by atoms with Gasteiger partial charge in [0, 0.05) is 42.2 Å². The molecule has 1 aliphatic heterocycles. The lowest BCUT2D eigenvalue weighted by molar-refractivity contribution is -0.116. The molecule has 0 saturated carbocycles. The summed E-state index contributed by atoms with van der Waals surface area (Å²) in [5, 5.41) is 6.06. The van der Waals surface area contributed by atoms with E-state index in [1.54, 1.807) is 25.6 Å². The van der Waals surface area contributed by atoms with Crippen LogP contribution in [0.3, 0.4) is 0 Å². The Morgan fingerprint density at radius 2 is 1.78 bits per heavy atom. The smallest absolute Gasteiger partial charge is 0.224 e. The number of aryl methyl sites for hydroxylation is 1. The second-order valence-electron chi connectivity index (χ2n) is 7.46. The zero-order valence-electron chi connectivity index (χ0n) is 18.3. The van der Waals surface area contributed by atoms with Crippen LogP contribution < -0.4 is 19.7 Å². The van der Waals surface area contributed by atoms with Crippen molar-refractivity contribution < 1.29 is 19.0 Å². The number of rotatable bonds is 8. The van der Waals surface area contributed by atoms with Crippen LogP contribution in [0.1, 0.15) is 12.0 Å². The Morgan fingerprint density at radius 3 is 2.44 bits per heavy atom. The Bertz CT molecular complexity index is 1020. The molecular formula is C24H27N3O4S. The standard InChI is InChI=1S/C24H27N3O4S/c1-29-20-13-17(14-21(15-20)30-2)3-8-23(28)25-19-6-4-18(5-7-19)22-16-32-24(26-22)27-9-11-31-12-10-27/h4-7,13-16H,3,8-12H2,1-2H3,(H,25,28). The second kappa shape index (κ2) is 10.5. The number of anilines is 2. The van der Waals surface area contributed by atoms with Crippen molar-refractivity contribution in [2.45, 2.75) is 12.8 Å². The summed E-state index contributed by atoms with van der Waals surface area (Å²) in [5.74, 6) is 1.39. The summed E-state index contributed by atoms with van der Waals surface area (Å²) in [6, 6.07) is 13.5. The Morgan fingerprint density at radius 1 is 1.09 bits per heavy atom. The molecule has 1 saturated heterocycles. The SMILES string of the molecule is COc1cc(CCC(=O)Nc2ccc(-c3csc(N4CCOCC4)n3)cc2)cc(OC)c1. The first kappa shape index (κ1) is 22.1. The molecule has 7 nitrogen and oxygen atoms in total. The molecule has 1 aliphatic rings. The van der Waals surface area contributed by atoms with Gasteiger partial charge in [0.1, 0.15) is 11.5 Å². The van der Waals surface area contributed by atoms with Gasteiger partial charge in [-0.2, -0.15) is 0 Å². The molecule has 2 aromatic carbocycles. The molecule has 4 rings (SSSR count). The normalized spacial score (nSPS) is 13.6. The molecule has 8 heteroatoms. The van der Waals surface area contributed by atoms with Gasteiger partial charge in [0.05, 0.1) is 33.1 Å². The van der Waals surface area contributed by atoms with Gasteiger partial charge in [0.15, 0.2) is 5.13 Å². The maximum atomic E-state index is 12.4. The molecule has 1 fully saturated rings. The number of benzene rings is 2. The number of carbonyl (C=O) groups is 1. The highest BCUT2D eigenvalue weighted by Crippen LogP contribution is 2.29. The zero-order valence-corrected chi connectivity index (χ0v) is 19.1. The van der Waals surface area contributed by atoms with Crippen LogP contribution in [0.4, 0.5) is 10.8 Å². The number of thiazole rings is 1. The minimum atomic E-state index is -0.0391. The van der Waals surface area contributed by atoms with Crippen molar-refractivity contribution in [2.24, 2.45) is 0 Å². The molecular weight excluding hydrogens is 426 g/mol. The summed E-state index contributed by atoms with van der Waals surface area (Å²) in [5.41, 5.74) is 3.74. The quantitative estimate of drug-likeness (QED) is 0.550. The maximum absolute atomic E-state index is 12.4. The minimum Gasteiger partial charge on any atom is -0.497 e. The number of hydrogen-bond acceptors (Lipinski definition) is 7. The van der Waals surface area contributed by atoms with Gasteiger partial charge in [-0.25, -0.2) is 4.98 Å². The van der Waals surface area contributed by atoms with Gasteiger partial charge in [0.25, 0.3) is 0 Å². The highest BCUT2D eigenvalue weighted by molar-refractivity contribution is 7.14. The molecule has 1 amide bonds. The summed E-state index contributed by atoms with van der Waals surface area (Å²) in [7, 11) is 3.23. The van der Waals surface area contributed by atoms with E-state index in [4.69, 9.17) is 19.2 Å². The number of nitrogens with zero attached hydrogens (tertiary/aromatic N) is 2. The van der Waals surface area contributed by atoms with Crippen molar-refractivity contribution >= 4 is 28.1 Å². The van der Waals surface area contributed by atoms with Crippen LogP contribution in [-0.4, -0.2) is 51.4 Å². The number of aromatic nitrogens is 1. The Kier molecular flexibility index (Phi) is 7.24. The first-order chi connectivity index (χ1) is 15.6. The van der Waals surface area contributed by atoms with Gasteiger partial charge in [-0.1, -0.05) is 12.1 Å². The molecule has 32 heavy (non-hydrogen) atoms. The van der Waals surface area contributed by atoms with Crippen LogP contribution in [-0.2, 0) is 16.0 Å². The topological polar surface area (TPSA) is 72.9 Å². The van der Waals surface area contributed by atoms with Crippen molar-refractivity contribution in [1.82, 2.24) is 4.98 Å². The van der Waals surface area contributed by atoms with E-state index in [1.807, 2.05) is 42.5 Å². The molecule has 0 spiro atoms. The maximum Gasteiger partial charge on any atom is 0.224 e. The summed E-state index contributed by atoms with van der Waals surface area (Å²) >= 11 is 1.65. The molecule has 3 aromatic rings. The minimum absolute atomic E-state index is 0.0391. The molecule has 168 valence electrons. The first-order valence-electron chi connectivity index (χ1n) is 10.5. The Balaban J connectivity index is 1.33. The lowest BCUT2D eigenvalue weighted by Crippen LogP contribution is -2.36. The van der Waals surface area contributed by atoms with Crippen molar-refractivity contribution in [1.29, 1.82) is 0 Å². The summed E-state index contributed by atoms with van der Waals surface area (Å²) in [6.45, 7) is 3.24. The van der Waals surface area contributed by atoms with E-state index in [0.29, 0.717) is 24.3 Å². The average molecular weight is 454 g/mol. The summed E-state index contributed by atoms with van der Waals surface area (Å²) in [4.78, 5) is 19.4. The van der Waals surface area contributed by atoms with Gasteiger partial charge < -0.3 is 24.4 Å². The highest BCUT2D eigenvalue weighted by atomic mass is 32.1. The lowest BCUT2D eigenvalue weighted by atomic mass is 10.1. The van der Waals surface area contributed by atoms with E-state index in [-0.39, 0.29) is 5.91 Å². The van der Waals surface area contributed by atoms with Gasteiger partial charge in [-0.05, 0) is 36.2 Å². The molecule has 0 aliphatic carbocycles. The van der Waals surface area contributed by atoms with E-state index in [9.17, 15) is 4.79 Å². The average Bonchev–Trinajstić information content (AvgIpc) is 3.34. The monoisotopic (exact) mass is 453 g/mol. The molecule has 1 aromatic heterocycles. The van der Waals surface area contributed by atoms with Crippen LogP contribution in [0.25, 0.3) is 11.3 Å². The van der Waals surface area contributed by atoms with Gasteiger partial charge in [0.2, 0.25) is 5.91 Å². The van der Waals surface area contributed by atoms with Gasteiger partial charge in [-0.15, -0.1) is 11.3 Å². The Hall–Kier alpha value is -3.10. The molecule has 1 N–H and O–H groups in total. The molecule has 0 bridgehead atoms. The molecule has 0 unspecified atom stereocenters. The number of morpholine rings is 1. The number of amides is 1. The van der Waals surface area contributed by atoms with Crippen molar-refractivity contribution in [3.05, 3.63) is 53.4 Å². The predicted molar refractivity (Wildman–Crippen MR) is 127 cm³/mol. The predicted octanol–water partition coefficient (Wildman–Crippen LogP) is 4.24. The third-order valence-corrected chi connectivity index (χ3v) is 6.19. The molecule has 0 radical (unpaired) electrons. The van der Waals surface area contributed by atoms with Gasteiger partial charge in [-0.3, -0.25) is 4.79 Å². The number of nitrogens with one attached hydrogen (secondary N) is 1. The number of hydrogen-bond donors (Lipinski definition) is 1. The van der Waals surface area contributed by atoms with Crippen LogP contribution in [0.5, 0.6) is 11.5 Å². The second-order valence-corrected chi connectivity index (χ2v) is 8.30. The number of carbonyl (C=O) groups excluding carboxylic acids is 1. The highest BCUT2D eigenvalue weighted by Gasteiger charge is 2.15. The molecule has 0 atom stereocenters. The van der Waals surface area contributed by atoms with E-state index in [1.165, 1.54) is 0 Å². The fourth-order valence-corrected chi connectivity index (χ4v) is 4.40. The third-order valence-electron chi connectivity index (χ3n) is 5.29. The Labute approximate surface area is 191 Å². The van der Waals surface area contributed by atoms with Crippen molar-refractivity contribution in [2.75, 3.05) is 50.7 Å². The van der Waals surface area contributed by atoms with Crippen molar-refractivity contribution in [3.8, 4) is 22.8 Å². The first-order valence-corrected chi connectivity index (χ1v) is 11.4. The fourth-order valence-electron chi connectivity index (χ4n) is 3.51. The fraction of sp³-hybridized carbons (Fsp3) is 0.333. The lowest BCUT2D eigenvalue weighted by Gasteiger charge is -2.26. The zero-order chi connectivity index (χ0) is 22.3. The van der Waals surface area contributed by atoms with E-state index in [0.717, 1.165) is 53.9 Å². The number of ether oxygens (including phenoxy) is 3. The van der Waals surface area contributed by atoms with Crippen LogP contribution in [0.2, 0.25) is 0 Å². The largest absolute Gasteiger partial charge is 0.497 e.